The summed E-state index contributed by atoms with van der Waals surface area (Å²) in [5.74, 6) is -0.783. The van der Waals surface area contributed by atoms with Crippen molar-refractivity contribution < 1.29 is 24.0 Å². The van der Waals surface area contributed by atoms with Crippen molar-refractivity contribution in [2.45, 2.75) is 19.8 Å². The molecule has 37 heavy (non-hydrogen) atoms. The molecule has 0 aliphatic carbocycles. The third kappa shape index (κ3) is 6.08. The van der Waals surface area contributed by atoms with E-state index in [4.69, 9.17) is 4.74 Å². The molecule has 0 aliphatic rings. The molecule has 0 heterocycles. The number of nitro benzene ring substituents is 1. The van der Waals surface area contributed by atoms with Crippen LogP contribution in [0.3, 0.4) is 0 Å². The molecule has 6 nitrogen and oxygen atoms in total. The zero-order valence-electron chi connectivity index (χ0n) is 20.1. The van der Waals surface area contributed by atoms with Gasteiger partial charge in [0.15, 0.2) is 0 Å². The number of carbonyl (C=O) groups is 1. The summed E-state index contributed by atoms with van der Waals surface area (Å²) in [6.45, 7) is 2.05. The molecule has 0 aromatic heterocycles. The Labute approximate surface area is 213 Å². The molecule has 0 radical (unpaired) electrons. The van der Waals surface area contributed by atoms with Crippen molar-refractivity contribution >= 4 is 23.8 Å². The Bertz CT molecular complexity index is 1480. The highest BCUT2D eigenvalue weighted by atomic mass is 19.1. The second-order valence-corrected chi connectivity index (χ2v) is 8.39. The normalized spacial score (nSPS) is 11.0. The van der Waals surface area contributed by atoms with Gasteiger partial charge in [0.1, 0.15) is 11.6 Å². The molecule has 4 aromatic carbocycles. The summed E-state index contributed by atoms with van der Waals surface area (Å²) < 4.78 is 19.2. The number of carboxylic acid groups (broad SMARTS) is 1. The zero-order chi connectivity index (χ0) is 26.4. The molecule has 0 spiro atoms. The number of para-hydroxylation sites is 1. The molecule has 1 N–H and O–H groups in total. The molecule has 4 aromatic rings. The van der Waals surface area contributed by atoms with Crippen LogP contribution >= 0.6 is 0 Å². The number of nitrogens with zero attached hydrogens (tertiary/aromatic N) is 1. The number of ether oxygens (including phenoxy) is 1. The quantitative estimate of drug-likeness (QED) is 0.144. The number of aromatic carboxylic acids is 1. The molecule has 0 unspecified atom stereocenters. The summed E-state index contributed by atoms with van der Waals surface area (Å²) in [6, 6.07) is 22.7. The first kappa shape index (κ1) is 25.3. The fourth-order valence-electron chi connectivity index (χ4n) is 3.97. The number of rotatable bonds is 9. The molecular weight excluding hydrogens is 473 g/mol. The average molecular weight is 498 g/mol. The summed E-state index contributed by atoms with van der Waals surface area (Å²) in [6.07, 6.45) is 4.89. The molecule has 0 aliphatic heterocycles. The maximum atomic E-state index is 13.3. The minimum atomic E-state index is -1.11. The van der Waals surface area contributed by atoms with E-state index in [1.807, 2.05) is 25.1 Å². The lowest BCUT2D eigenvalue weighted by molar-refractivity contribution is -0.385. The molecule has 0 bridgehead atoms. The van der Waals surface area contributed by atoms with Gasteiger partial charge in [-0.3, -0.25) is 10.1 Å². The van der Waals surface area contributed by atoms with E-state index in [1.54, 1.807) is 48.6 Å². The molecule has 186 valence electrons. The number of carboxylic acids is 1. The summed E-state index contributed by atoms with van der Waals surface area (Å²) in [4.78, 5) is 23.1. The van der Waals surface area contributed by atoms with E-state index < -0.39 is 10.9 Å². The number of aryl methyl sites for hydroxylation is 1. The minimum Gasteiger partial charge on any atom is -0.478 e. The Hall–Kier alpha value is -4.78. The second-order valence-electron chi connectivity index (χ2n) is 8.39. The third-order valence-electron chi connectivity index (χ3n) is 5.81. The van der Waals surface area contributed by atoms with Gasteiger partial charge in [-0.1, -0.05) is 68.0 Å². The van der Waals surface area contributed by atoms with Crippen molar-refractivity contribution in [1.82, 2.24) is 0 Å². The summed E-state index contributed by atoms with van der Waals surface area (Å²) in [5.41, 5.74) is 3.19. The number of benzene rings is 4. The Morgan fingerprint density at radius 1 is 0.946 bits per heavy atom. The lowest BCUT2D eigenvalue weighted by Gasteiger charge is -2.11. The van der Waals surface area contributed by atoms with Crippen LogP contribution in [0.1, 0.15) is 40.4 Å². The van der Waals surface area contributed by atoms with E-state index in [0.29, 0.717) is 22.4 Å². The number of hydrogen-bond acceptors (Lipinski definition) is 4. The maximum Gasteiger partial charge on any atom is 0.336 e. The number of halogens is 1. The molecule has 0 saturated carbocycles. The number of hydrogen-bond donors (Lipinski definition) is 1. The largest absolute Gasteiger partial charge is 0.478 e. The van der Waals surface area contributed by atoms with Crippen LogP contribution in [0.4, 0.5) is 10.1 Å². The van der Waals surface area contributed by atoms with Crippen LogP contribution in [0, 0.1) is 15.9 Å². The van der Waals surface area contributed by atoms with Crippen molar-refractivity contribution in [3.63, 3.8) is 0 Å². The van der Waals surface area contributed by atoms with Gasteiger partial charge in [-0.25, -0.2) is 9.18 Å². The standard InChI is InChI=1S/C30H24FNO5/c1-2-5-22-6-3-4-7-28(22)37-29-17-9-20(18-27(29)32(35)36)8-10-24-19-23(13-16-26(24)30(33)34)21-11-14-25(31)15-12-21/h3-4,6-19H,2,5H2,1H3,(H,33,34). The molecular formula is C30H24FNO5. The van der Waals surface area contributed by atoms with Crippen molar-refractivity contribution in [2.24, 2.45) is 0 Å². The van der Waals surface area contributed by atoms with Gasteiger partial charge in [0, 0.05) is 6.07 Å². The van der Waals surface area contributed by atoms with Gasteiger partial charge in [0.2, 0.25) is 5.75 Å². The lowest BCUT2D eigenvalue weighted by Crippen LogP contribution is -1.99. The van der Waals surface area contributed by atoms with Crippen LogP contribution in [-0.4, -0.2) is 16.0 Å². The molecule has 0 amide bonds. The van der Waals surface area contributed by atoms with Gasteiger partial charge in [-0.05, 0) is 70.6 Å². The Balaban J connectivity index is 1.67. The highest BCUT2D eigenvalue weighted by Gasteiger charge is 2.18. The van der Waals surface area contributed by atoms with Crippen molar-refractivity contribution in [3.8, 4) is 22.6 Å². The smallest absolute Gasteiger partial charge is 0.336 e. The zero-order valence-corrected chi connectivity index (χ0v) is 20.1. The van der Waals surface area contributed by atoms with Crippen molar-refractivity contribution in [2.75, 3.05) is 0 Å². The van der Waals surface area contributed by atoms with Crippen molar-refractivity contribution in [1.29, 1.82) is 0 Å². The first-order valence-electron chi connectivity index (χ1n) is 11.7. The predicted octanol–water partition coefficient (Wildman–Crippen LogP) is 8.01. The second kappa shape index (κ2) is 11.3. The fourth-order valence-corrected chi connectivity index (χ4v) is 3.97. The highest BCUT2D eigenvalue weighted by molar-refractivity contribution is 5.94. The van der Waals surface area contributed by atoms with Gasteiger partial charge >= 0.3 is 11.7 Å². The van der Waals surface area contributed by atoms with Gasteiger partial charge in [-0.2, -0.15) is 0 Å². The SMILES string of the molecule is CCCc1ccccc1Oc1ccc(C=Cc2cc(-c3ccc(F)cc3)ccc2C(=O)O)cc1[N+](=O)[O-]. The summed E-state index contributed by atoms with van der Waals surface area (Å²) in [7, 11) is 0. The van der Waals surface area contributed by atoms with Crippen LogP contribution in [0.25, 0.3) is 23.3 Å². The molecule has 4 rings (SSSR count). The number of nitro groups is 1. The molecule has 7 heteroatoms. The van der Waals surface area contributed by atoms with E-state index in [0.717, 1.165) is 24.0 Å². The van der Waals surface area contributed by atoms with E-state index in [1.165, 1.54) is 30.3 Å². The fraction of sp³-hybridized carbons (Fsp3) is 0.100. The topological polar surface area (TPSA) is 89.7 Å². The average Bonchev–Trinajstić information content (AvgIpc) is 2.89. The highest BCUT2D eigenvalue weighted by Crippen LogP contribution is 2.35. The van der Waals surface area contributed by atoms with Crippen LogP contribution < -0.4 is 4.74 Å². The van der Waals surface area contributed by atoms with Crippen LogP contribution in [0.5, 0.6) is 11.5 Å². The molecule has 0 fully saturated rings. The first-order chi connectivity index (χ1) is 17.9. The van der Waals surface area contributed by atoms with Crippen LogP contribution in [-0.2, 0) is 6.42 Å². The van der Waals surface area contributed by atoms with Crippen LogP contribution in [0.15, 0.2) is 84.9 Å². The lowest BCUT2D eigenvalue weighted by atomic mass is 9.98. The first-order valence-corrected chi connectivity index (χ1v) is 11.7. The third-order valence-corrected chi connectivity index (χ3v) is 5.81. The minimum absolute atomic E-state index is 0.0732. The molecule has 0 saturated heterocycles. The van der Waals surface area contributed by atoms with E-state index in [-0.39, 0.29) is 22.8 Å². The maximum absolute atomic E-state index is 13.3. The monoisotopic (exact) mass is 497 g/mol. The predicted molar refractivity (Wildman–Crippen MR) is 141 cm³/mol. The van der Waals surface area contributed by atoms with E-state index in [9.17, 15) is 24.4 Å². The molecule has 0 atom stereocenters. The van der Waals surface area contributed by atoms with Gasteiger partial charge in [0.25, 0.3) is 0 Å². The Morgan fingerprint density at radius 3 is 2.38 bits per heavy atom. The summed E-state index contributed by atoms with van der Waals surface area (Å²) >= 11 is 0. The Kier molecular flexibility index (Phi) is 7.74. The Morgan fingerprint density at radius 2 is 1.68 bits per heavy atom. The van der Waals surface area contributed by atoms with Crippen molar-refractivity contribution in [3.05, 3.63) is 123 Å². The van der Waals surface area contributed by atoms with Crippen LogP contribution in [0.2, 0.25) is 0 Å². The van der Waals surface area contributed by atoms with E-state index in [2.05, 4.69) is 0 Å². The summed E-state index contributed by atoms with van der Waals surface area (Å²) in [5, 5.41) is 21.4. The van der Waals surface area contributed by atoms with Gasteiger partial charge < -0.3 is 9.84 Å². The van der Waals surface area contributed by atoms with Gasteiger partial charge in [0.05, 0.1) is 10.5 Å². The van der Waals surface area contributed by atoms with Gasteiger partial charge in [-0.15, -0.1) is 0 Å². The van der Waals surface area contributed by atoms with E-state index >= 15 is 0 Å².